The van der Waals surface area contributed by atoms with Crippen LogP contribution in [-0.4, -0.2) is 32.8 Å². The lowest BCUT2D eigenvalue weighted by molar-refractivity contribution is -0.141. The summed E-state index contributed by atoms with van der Waals surface area (Å²) in [4.78, 5) is 34.3. The van der Waals surface area contributed by atoms with Gasteiger partial charge in [0.25, 0.3) is 5.56 Å². The second kappa shape index (κ2) is 7.06. The molecule has 0 saturated carbocycles. The van der Waals surface area contributed by atoms with E-state index >= 15 is 0 Å². The minimum Gasteiger partial charge on any atom is -0.480 e. The van der Waals surface area contributed by atoms with Crippen molar-refractivity contribution in [1.29, 1.82) is 0 Å². The number of aliphatic carboxylic acids is 1. The van der Waals surface area contributed by atoms with Gasteiger partial charge >= 0.3 is 5.97 Å². The zero-order chi connectivity index (χ0) is 17.0. The molecule has 23 heavy (non-hydrogen) atoms. The van der Waals surface area contributed by atoms with Crippen molar-refractivity contribution in [2.75, 3.05) is 0 Å². The average molecular weight is 336 g/mol. The van der Waals surface area contributed by atoms with E-state index in [2.05, 4.69) is 10.4 Å². The van der Waals surface area contributed by atoms with Crippen LogP contribution in [0.5, 0.6) is 0 Å². The lowest BCUT2D eigenvalue weighted by Crippen LogP contribution is -2.41. The van der Waals surface area contributed by atoms with E-state index in [1.807, 2.05) is 0 Å². The van der Waals surface area contributed by atoms with Gasteiger partial charge in [-0.25, -0.2) is 4.68 Å². The van der Waals surface area contributed by atoms with Crippen LogP contribution in [0.2, 0.25) is 5.02 Å². The third-order valence-corrected chi connectivity index (χ3v) is 3.39. The van der Waals surface area contributed by atoms with Crippen LogP contribution in [0.25, 0.3) is 11.3 Å². The number of nitrogens with zero attached hydrogens (tertiary/aromatic N) is 2. The molecule has 0 spiro atoms. The highest BCUT2D eigenvalue weighted by Crippen LogP contribution is 2.24. The van der Waals surface area contributed by atoms with E-state index in [0.29, 0.717) is 16.3 Å². The molecule has 120 valence electrons. The molecule has 1 amide bonds. The van der Waals surface area contributed by atoms with E-state index in [0.717, 1.165) is 4.68 Å². The number of aromatic nitrogens is 2. The van der Waals surface area contributed by atoms with E-state index in [4.69, 9.17) is 16.7 Å². The van der Waals surface area contributed by atoms with Gasteiger partial charge in [0.2, 0.25) is 5.91 Å². The van der Waals surface area contributed by atoms with Crippen LogP contribution in [0.4, 0.5) is 0 Å². The van der Waals surface area contributed by atoms with Crippen LogP contribution in [0.1, 0.15) is 6.92 Å². The Kier molecular flexibility index (Phi) is 5.13. The minimum atomic E-state index is -1.16. The fourth-order valence-corrected chi connectivity index (χ4v) is 2.09. The molecule has 2 N–H and O–H groups in total. The number of carboxylic acids is 1. The number of carbonyl (C=O) groups is 2. The van der Waals surface area contributed by atoms with Crippen molar-refractivity contribution in [3.8, 4) is 11.3 Å². The molecular formula is C15H14ClN3O4. The van der Waals surface area contributed by atoms with Gasteiger partial charge in [-0.3, -0.25) is 14.4 Å². The molecule has 2 rings (SSSR count). The van der Waals surface area contributed by atoms with Gasteiger partial charge in [-0.1, -0.05) is 29.8 Å². The molecule has 1 unspecified atom stereocenters. The number of rotatable bonds is 5. The maximum atomic E-state index is 11.8. The van der Waals surface area contributed by atoms with Crippen LogP contribution in [0, 0.1) is 0 Å². The van der Waals surface area contributed by atoms with Gasteiger partial charge in [-0.05, 0) is 19.1 Å². The molecule has 1 heterocycles. The average Bonchev–Trinajstić information content (AvgIpc) is 2.50. The fraction of sp³-hybridized carbons (Fsp3) is 0.200. The van der Waals surface area contributed by atoms with E-state index in [9.17, 15) is 14.4 Å². The first-order chi connectivity index (χ1) is 10.9. The summed E-state index contributed by atoms with van der Waals surface area (Å²) >= 11 is 6.09. The van der Waals surface area contributed by atoms with Crippen LogP contribution in [0.15, 0.2) is 41.2 Å². The van der Waals surface area contributed by atoms with E-state index in [1.165, 1.54) is 19.1 Å². The summed E-state index contributed by atoms with van der Waals surface area (Å²) in [6.45, 7) is 0.950. The summed E-state index contributed by atoms with van der Waals surface area (Å²) < 4.78 is 0.961. The molecule has 0 aliphatic carbocycles. The zero-order valence-corrected chi connectivity index (χ0v) is 12.9. The maximum Gasteiger partial charge on any atom is 0.325 e. The van der Waals surface area contributed by atoms with Gasteiger partial charge in [0, 0.05) is 11.6 Å². The molecule has 0 aliphatic rings. The molecule has 1 aromatic heterocycles. The summed E-state index contributed by atoms with van der Waals surface area (Å²) in [6, 6.07) is 8.71. The SMILES string of the molecule is CC(NC(=O)Cn1nc(-c2ccccc2Cl)ccc1=O)C(=O)O. The highest BCUT2D eigenvalue weighted by atomic mass is 35.5. The number of carbonyl (C=O) groups excluding carboxylic acids is 1. The van der Waals surface area contributed by atoms with Gasteiger partial charge in [0.15, 0.2) is 0 Å². The molecular weight excluding hydrogens is 322 g/mol. The fourth-order valence-electron chi connectivity index (χ4n) is 1.86. The predicted molar refractivity (Wildman–Crippen MR) is 84.2 cm³/mol. The van der Waals surface area contributed by atoms with Crippen LogP contribution < -0.4 is 10.9 Å². The predicted octanol–water partition coefficient (Wildman–Crippen LogP) is 1.15. The Morgan fingerprint density at radius 2 is 2.00 bits per heavy atom. The molecule has 7 nitrogen and oxygen atoms in total. The third-order valence-electron chi connectivity index (χ3n) is 3.06. The van der Waals surface area contributed by atoms with Crippen molar-refractivity contribution in [2.45, 2.75) is 19.5 Å². The summed E-state index contributed by atoms with van der Waals surface area (Å²) in [5, 5.41) is 15.6. The minimum absolute atomic E-state index is 0.380. The summed E-state index contributed by atoms with van der Waals surface area (Å²) in [5.41, 5.74) is 0.593. The van der Waals surface area contributed by atoms with Crippen LogP contribution in [-0.2, 0) is 16.1 Å². The second-order valence-electron chi connectivity index (χ2n) is 4.82. The quantitative estimate of drug-likeness (QED) is 0.853. The Bertz CT molecular complexity index is 803. The molecule has 0 radical (unpaired) electrons. The monoisotopic (exact) mass is 335 g/mol. The molecule has 0 fully saturated rings. The van der Waals surface area contributed by atoms with Crippen LogP contribution in [0.3, 0.4) is 0 Å². The number of hydrogen-bond donors (Lipinski definition) is 2. The standard InChI is InChI=1S/C15H14ClN3O4/c1-9(15(22)23)17-13(20)8-19-14(21)7-6-12(18-19)10-4-2-3-5-11(10)16/h2-7,9H,8H2,1H3,(H,17,20)(H,22,23). The first-order valence-corrected chi connectivity index (χ1v) is 7.11. The molecule has 1 atom stereocenters. The smallest absolute Gasteiger partial charge is 0.325 e. The van der Waals surface area contributed by atoms with E-state index < -0.39 is 23.5 Å². The Morgan fingerprint density at radius 3 is 2.65 bits per heavy atom. The Labute approximate surface area is 136 Å². The zero-order valence-electron chi connectivity index (χ0n) is 12.2. The number of nitrogens with one attached hydrogen (secondary N) is 1. The lowest BCUT2D eigenvalue weighted by Gasteiger charge is -2.11. The van der Waals surface area contributed by atoms with E-state index in [-0.39, 0.29) is 6.54 Å². The highest BCUT2D eigenvalue weighted by Gasteiger charge is 2.15. The lowest BCUT2D eigenvalue weighted by atomic mass is 10.1. The Balaban J connectivity index is 2.25. The number of amides is 1. The van der Waals surface area contributed by atoms with E-state index in [1.54, 1.807) is 24.3 Å². The highest BCUT2D eigenvalue weighted by molar-refractivity contribution is 6.33. The van der Waals surface area contributed by atoms with Crippen molar-refractivity contribution in [1.82, 2.24) is 15.1 Å². The van der Waals surface area contributed by atoms with Gasteiger partial charge in [0.05, 0.1) is 10.7 Å². The number of halogens is 1. The van der Waals surface area contributed by atoms with Gasteiger partial charge in [0.1, 0.15) is 12.6 Å². The van der Waals surface area contributed by atoms with Crippen molar-refractivity contribution >= 4 is 23.5 Å². The number of benzene rings is 1. The Hall–Kier alpha value is -2.67. The van der Waals surface area contributed by atoms with Gasteiger partial charge in [-0.2, -0.15) is 5.10 Å². The first-order valence-electron chi connectivity index (χ1n) is 6.73. The molecule has 0 aliphatic heterocycles. The normalized spacial score (nSPS) is 11.7. The largest absolute Gasteiger partial charge is 0.480 e. The van der Waals surface area contributed by atoms with Gasteiger partial charge < -0.3 is 10.4 Å². The second-order valence-corrected chi connectivity index (χ2v) is 5.23. The maximum absolute atomic E-state index is 11.8. The molecule has 2 aromatic rings. The summed E-state index contributed by atoms with van der Waals surface area (Å²) in [6.07, 6.45) is 0. The first kappa shape index (κ1) is 16.7. The molecule has 0 bridgehead atoms. The summed E-state index contributed by atoms with van der Waals surface area (Å²) in [7, 11) is 0. The summed E-state index contributed by atoms with van der Waals surface area (Å²) in [5.74, 6) is -1.78. The van der Waals surface area contributed by atoms with Crippen LogP contribution >= 0.6 is 11.6 Å². The molecule has 1 aromatic carbocycles. The molecule has 0 saturated heterocycles. The third kappa shape index (κ3) is 4.17. The van der Waals surface area contributed by atoms with Crippen molar-refractivity contribution < 1.29 is 14.7 Å². The van der Waals surface area contributed by atoms with Crippen molar-refractivity contribution in [2.24, 2.45) is 0 Å². The number of carboxylic acid groups (broad SMARTS) is 1. The van der Waals surface area contributed by atoms with Crippen molar-refractivity contribution in [3.63, 3.8) is 0 Å². The molecule has 8 heteroatoms. The van der Waals surface area contributed by atoms with Gasteiger partial charge in [-0.15, -0.1) is 0 Å². The number of hydrogen-bond acceptors (Lipinski definition) is 4. The van der Waals surface area contributed by atoms with Crippen molar-refractivity contribution in [3.05, 3.63) is 51.8 Å². The Morgan fingerprint density at radius 1 is 1.30 bits per heavy atom. The topological polar surface area (TPSA) is 101 Å².